The summed E-state index contributed by atoms with van der Waals surface area (Å²) in [6.07, 6.45) is 0. The van der Waals surface area contributed by atoms with Crippen molar-refractivity contribution in [2.24, 2.45) is 0 Å². The molecule has 1 heterocycles. The fourth-order valence-electron chi connectivity index (χ4n) is 3.22. The molecule has 0 saturated carbocycles. The Morgan fingerprint density at radius 1 is 0.909 bits per heavy atom. The first-order valence-corrected chi connectivity index (χ1v) is 11.7. The Bertz CT molecular complexity index is 1060. The molecular formula is C24H32ClN3O4S. The van der Waals surface area contributed by atoms with Crippen molar-refractivity contribution in [3.63, 3.8) is 0 Å². The molecule has 0 bridgehead atoms. The van der Waals surface area contributed by atoms with Crippen molar-refractivity contribution >= 4 is 45.0 Å². The van der Waals surface area contributed by atoms with E-state index in [1.165, 1.54) is 11.3 Å². The van der Waals surface area contributed by atoms with Crippen molar-refractivity contribution < 1.29 is 19.0 Å². The number of rotatable bonds is 11. The number of benzene rings is 2. The third-order valence-corrected chi connectivity index (χ3v) is 5.75. The van der Waals surface area contributed by atoms with Crippen LogP contribution in [0.1, 0.15) is 31.1 Å². The fourth-order valence-corrected chi connectivity index (χ4v) is 4.23. The first kappa shape index (κ1) is 26.7. The van der Waals surface area contributed by atoms with Gasteiger partial charge in [-0.15, -0.1) is 12.4 Å². The lowest BCUT2D eigenvalue weighted by Gasteiger charge is -2.22. The number of anilines is 1. The van der Waals surface area contributed by atoms with Gasteiger partial charge in [0.25, 0.3) is 5.91 Å². The quantitative estimate of drug-likeness (QED) is 0.369. The largest absolute Gasteiger partial charge is 0.492 e. The van der Waals surface area contributed by atoms with Crippen LogP contribution in [0.25, 0.3) is 10.2 Å². The van der Waals surface area contributed by atoms with Gasteiger partial charge in [0, 0.05) is 18.7 Å². The highest BCUT2D eigenvalue weighted by molar-refractivity contribution is 7.22. The van der Waals surface area contributed by atoms with Crippen LogP contribution in [0.3, 0.4) is 0 Å². The normalized spacial score (nSPS) is 10.7. The molecule has 2 aromatic carbocycles. The van der Waals surface area contributed by atoms with Crippen LogP contribution in [0, 0.1) is 0 Å². The number of halogens is 1. The van der Waals surface area contributed by atoms with E-state index in [0.29, 0.717) is 55.1 Å². The number of fused-ring (bicyclic) bond motifs is 1. The third kappa shape index (κ3) is 6.50. The number of hydrogen-bond acceptors (Lipinski definition) is 7. The van der Waals surface area contributed by atoms with E-state index in [-0.39, 0.29) is 18.3 Å². The third-order valence-electron chi connectivity index (χ3n) is 4.71. The molecule has 3 rings (SSSR count). The molecule has 0 aliphatic heterocycles. The van der Waals surface area contributed by atoms with E-state index in [1.807, 2.05) is 58.0 Å². The number of amides is 1. The van der Waals surface area contributed by atoms with Gasteiger partial charge in [-0.3, -0.25) is 9.69 Å². The van der Waals surface area contributed by atoms with Gasteiger partial charge in [0.1, 0.15) is 11.3 Å². The summed E-state index contributed by atoms with van der Waals surface area (Å²) < 4.78 is 18.1. The molecule has 7 nitrogen and oxygen atoms in total. The van der Waals surface area contributed by atoms with Gasteiger partial charge in [-0.25, -0.2) is 4.98 Å². The SMILES string of the molecule is CCOc1ccc(C(=O)N(CCN(C)C)c2nc3c(OCC)cccc3s2)cc1OCC.Cl. The Morgan fingerprint density at radius 3 is 2.24 bits per heavy atom. The van der Waals surface area contributed by atoms with E-state index in [4.69, 9.17) is 19.2 Å². The summed E-state index contributed by atoms with van der Waals surface area (Å²) in [4.78, 5) is 22.2. The van der Waals surface area contributed by atoms with Crippen molar-refractivity contribution in [2.45, 2.75) is 20.8 Å². The van der Waals surface area contributed by atoms with Crippen LogP contribution in [0.5, 0.6) is 17.2 Å². The number of ether oxygens (including phenoxy) is 3. The van der Waals surface area contributed by atoms with E-state index in [1.54, 1.807) is 23.1 Å². The van der Waals surface area contributed by atoms with Crippen molar-refractivity contribution in [3.8, 4) is 17.2 Å². The molecule has 0 saturated heterocycles. The number of carbonyl (C=O) groups is 1. The summed E-state index contributed by atoms with van der Waals surface area (Å²) >= 11 is 1.49. The van der Waals surface area contributed by atoms with Crippen LogP contribution < -0.4 is 19.1 Å². The van der Waals surface area contributed by atoms with E-state index in [0.717, 1.165) is 16.0 Å². The van der Waals surface area contributed by atoms with Crippen molar-refractivity contribution in [1.82, 2.24) is 9.88 Å². The minimum absolute atomic E-state index is 0. The summed E-state index contributed by atoms with van der Waals surface area (Å²) in [5.74, 6) is 1.79. The summed E-state index contributed by atoms with van der Waals surface area (Å²) in [6, 6.07) is 11.2. The van der Waals surface area contributed by atoms with Gasteiger partial charge >= 0.3 is 0 Å². The van der Waals surface area contributed by atoms with Gasteiger partial charge in [-0.2, -0.15) is 0 Å². The molecule has 33 heavy (non-hydrogen) atoms. The molecule has 1 amide bonds. The predicted octanol–water partition coefficient (Wildman–Crippen LogP) is 5.12. The Hall–Kier alpha value is -2.55. The number of para-hydroxylation sites is 1. The smallest absolute Gasteiger partial charge is 0.260 e. The lowest BCUT2D eigenvalue weighted by atomic mass is 10.1. The van der Waals surface area contributed by atoms with Crippen molar-refractivity contribution in [2.75, 3.05) is 51.9 Å². The second-order valence-electron chi connectivity index (χ2n) is 7.32. The maximum atomic E-state index is 13.6. The number of aromatic nitrogens is 1. The Kier molecular flexibility index (Phi) is 10.2. The second-order valence-corrected chi connectivity index (χ2v) is 8.33. The van der Waals surface area contributed by atoms with Gasteiger partial charge in [-0.1, -0.05) is 17.4 Å². The Morgan fingerprint density at radius 2 is 1.58 bits per heavy atom. The predicted molar refractivity (Wildman–Crippen MR) is 137 cm³/mol. The molecule has 180 valence electrons. The standard InChI is InChI=1S/C24H31N3O4S.ClH/c1-6-29-18-13-12-17(16-20(18)31-8-3)23(28)27(15-14-26(4)5)24-25-22-19(30-7-2)10-9-11-21(22)32-24;/h9-13,16H,6-8,14-15H2,1-5H3;1H. The average Bonchev–Trinajstić information content (AvgIpc) is 3.20. The molecular weight excluding hydrogens is 462 g/mol. The molecule has 0 atom stereocenters. The molecule has 9 heteroatoms. The maximum absolute atomic E-state index is 13.6. The number of likely N-dealkylation sites (N-methyl/N-ethyl adjacent to an activating group) is 1. The van der Waals surface area contributed by atoms with Crippen LogP contribution >= 0.6 is 23.7 Å². The highest BCUT2D eigenvalue weighted by Gasteiger charge is 2.23. The molecule has 0 N–H and O–H groups in total. The lowest BCUT2D eigenvalue weighted by Crippen LogP contribution is -2.36. The monoisotopic (exact) mass is 493 g/mol. The summed E-state index contributed by atoms with van der Waals surface area (Å²) in [6.45, 7) is 8.55. The highest BCUT2D eigenvalue weighted by atomic mass is 35.5. The summed E-state index contributed by atoms with van der Waals surface area (Å²) in [7, 11) is 3.97. The molecule has 3 aromatic rings. The second kappa shape index (κ2) is 12.6. The van der Waals surface area contributed by atoms with E-state index < -0.39 is 0 Å². The van der Waals surface area contributed by atoms with E-state index in [2.05, 4.69) is 0 Å². The zero-order valence-electron chi connectivity index (χ0n) is 19.8. The number of nitrogens with zero attached hydrogens (tertiary/aromatic N) is 3. The number of hydrogen-bond donors (Lipinski definition) is 0. The molecule has 0 spiro atoms. The number of thiazole rings is 1. The van der Waals surface area contributed by atoms with Crippen LogP contribution in [0.2, 0.25) is 0 Å². The van der Waals surface area contributed by atoms with E-state index >= 15 is 0 Å². The molecule has 0 radical (unpaired) electrons. The molecule has 0 fully saturated rings. The van der Waals surface area contributed by atoms with Crippen LogP contribution in [-0.2, 0) is 0 Å². The van der Waals surface area contributed by atoms with Gasteiger partial charge in [0.2, 0.25) is 0 Å². The first-order valence-electron chi connectivity index (χ1n) is 10.9. The number of carbonyl (C=O) groups excluding carboxylic acids is 1. The summed E-state index contributed by atoms with van der Waals surface area (Å²) in [5, 5.41) is 0.644. The van der Waals surface area contributed by atoms with E-state index in [9.17, 15) is 4.79 Å². The lowest BCUT2D eigenvalue weighted by molar-refractivity contribution is 0.0984. The van der Waals surface area contributed by atoms with Gasteiger partial charge in [0.05, 0.1) is 24.5 Å². The highest BCUT2D eigenvalue weighted by Crippen LogP contribution is 2.35. The van der Waals surface area contributed by atoms with Crippen molar-refractivity contribution in [3.05, 3.63) is 42.0 Å². The molecule has 1 aromatic heterocycles. The minimum Gasteiger partial charge on any atom is -0.492 e. The molecule has 0 unspecified atom stereocenters. The summed E-state index contributed by atoms with van der Waals surface area (Å²) in [5.41, 5.74) is 1.30. The zero-order valence-corrected chi connectivity index (χ0v) is 21.4. The maximum Gasteiger partial charge on any atom is 0.260 e. The van der Waals surface area contributed by atoms with Crippen molar-refractivity contribution in [1.29, 1.82) is 0 Å². The minimum atomic E-state index is -0.132. The van der Waals surface area contributed by atoms with Gasteiger partial charge < -0.3 is 19.1 Å². The van der Waals surface area contributed by atoms with Crippen LogP contribution in [-0.4, -0.2) is 62.8 Å². The van der Waals surface area contributed by atoms with Crippen LogP contribution in [0.4, 0.5) is 5.13 Å². The molecule has 0 aliphatic rings. The van der Waals surface area contributed by atoms with Gasteiger partial charge in [0.15, 0.2) is 16.6 Å². The fraction of sp³-hybridized carbons (Fsp3) is 0.417. The Balaban J connectivity index is 0.00000385. The average molecular weight is 494 g/mol. The van der Waals surface area contributed by atoms with Gasteiger partial charge in [-0.05, 0) is 65.2 Å². The first-order chi connectivity index (χ1) is 15.5. The Labute approximate surface area is 205 Å². The zero-order chi connectivity index (χ0) is 23.1. The molecule has 0 aliphatic carbocycles. The topological polar surface area (TPSA) is 64.1 Å². The van der Waals surface area contributed by atoms with Crippen LogP contribution in [0.15, 0.2) is 36.4 Å².